The van der Waals surface area contributed by atoms with Crippen LogP contribution in [0.15, 0.2) is 12.1 Å². The van der Waals surface area contributed by atoms with Gasteiger partial charge in [-0.05, 0) is 45.4 Å². The van der Waals surface area contributed by atoms with E-state index in [9.17, 15) is 0 Å². The van der Waals surface area contributed by atoms with Crippen LogP contribution in [0, 0.1) is 13.8 Å². The van der Waals surface area contributed by atoms with Crippen LogP contribution in [0.25, 0.3) is 0 Å². The highest BCUT2D eigenvalue weighted by molar-refractivity contribution is 5.51. The van der Waals surface area contributed by atoms with E-state index in [2.05, 4.69) is 40.8 Å². The van der Waals surface area contributed by atoms with E-state index in [4.69, 9.17) is 0 Å². The van der Waals surface area contributed by atoms with Gasteiger partial charge < -0.3 is 4.90 Å². The summed E-state index contributed by atoms with van der Waals surface area (Å²) in [5, 5.41) is 0. The molecule has 0 radical (unpaired) electrons. The number of piperazine rings is 1. The summed E-state index contributed by atoms with van der Waals surface area (Å²) < 4.78 is 0. The SMILES string of the molecule is Cc1ccc(N2CCN3CCCCC3C2)c(C)n1. The molecule has 0 bridgehead atoms. The van der Waals surface area contributed by atoms with E-state index in [1.807, 2.05) is 0 Å². The first-order chi connectivity index (χ1) is 8.74. The number of hydrogen-bond acceptors (Lipinski definition) is 3. The van der Waals surface area contributed by atoms with Gasteiger partial charge in [0, 0.05) is 31.4 Å². The molecule has 0 N–H and O–H groups in total. The van der Waals surface area contributed by atoms with Gasteiger partial charge in [-0.2, -0.15) is 0 Å². The van der Waals surface area contributed by atoms with Crippen molar-refractivity contribution < 1.29 is 0 Å². The molecule has 1 aromatic heterocycles. The lowest BCUT2D eigenvalue weighted by molar-refractivity contribution is 0.133. The fourth-order valence-corrected chi connectivity index (χ4v) is 3.39. The third kappa shape index (κ3) is 2.24. The Morgan fingerprint density at radius 1 is 1.11 bits per heavy atom. The smallest absolute Gasteiger partial charge is 0.0608 e. The van der Waals surface area contributed by atoms with Crippen molar-refractivity contribution in [1.29, 1.82) is 0 Å². The lowest BCUT2D eigenvalue weighted by Gasteiger charge is -2.45. The second-order valence-electron chi connectivity index (χ2n) is 5.69. The van der Waals surface area contributed by atoms with Crippen LogP contribution >= 0.6 is 0 Å². The Labute approximate surface area is 110 Å². The third-order valence-electron chi connectivity index (χ3n) is 4.38. The zero-order chi connectivity index (χ0) is 12.5. The summed E-state index contributed by atoms with van der Waals surface area (Å²) in [5.41, 5.74) is 3.64. The van der Waals surface area contributed by atoms with Crippen LogP contribution in [0.1, 0.15) is 30.7 Å². The van der Waals surface area contributed by atoms with E-state index >= 15 is 0 Å². The second kappa shape index (κ2) is 4.88. The number of aromatic nitrogens is 1. The number of rotatable bonds is 1. The second-order valence-corrected chi connectivity index (χ2v) is 5.69. The number of piperidine rings is 1. The van der Waals surface area contributed by atoms with Crippen molar-refractivity contribution in [2.24, 2.45) is 0 Å². The molecule has 1 atom stereocenters. The Morgan fingerprint density at radius 3 is 2.83 bits per heavy atom. The van der Waals surface area contributed by atoms with Crippen molar-refractivity contribution in [2.75, 3.05) is 31.1 Å². The predicted octanol–water partition coefficient (Wildman–Crippen LogP) is 2.37. The number of nitrogens with zero attached hydrogens (tertiary/aromatic N) is 3. The van der Waals surface area contributed by atoms with E-state index in [0.29, 0.717) is 0 Å². The van der Waals surface area contributed by atoms with Gasteiger partial charge in [0.2, 0.25) is 0 Å². The van der Waals surface area contributed by atoms with E-state index in [1.165, 1.54) is 50.3 Å². The van der Waals surface area contributed by atoms with E-state index in [1.54, 1.807) is 0 Å². The van der Waals surface area contributed by atoms with Crippen molar-refractivity contribution >= 4 is 5.69 Å². The summed E-state index contributed by atoms with van der Waals surface area (Å²) in [4.78, 5) is 9.81. The molecule has 2 fully saturated rings. The molecule has 1 aromatic rings. The standard InChI is InChI=1S/C15H23N3/c1-12-6-7-15(13(2)16-12)18-10-9-17-8-4-3-5-14(17)11-18/h6-7,14H,3-5,8-11H2,1-2H3. The van der Waals surface area contributed by atoms with E-state index < -0.39 is 0 Å². The van der Waals surface area contributed by atoms with Gasteiger partial charge in [0.05, 0.1) is 11.4 Å². The lowest BCUT2D eigenvalue weighted by Crippen LogP contribution is -2.55. The number of hydrogen-bond donors (Lipinski definition) is 0. The maximum Gasteiger partial charge on any atom is 0.0608 e. The summed E-state index contributed by atoms with van der Waals surface area (Å²) in [6.45, 7) is 9.07. The first kappa shape index (κ1) is 12.0. The molecule has 3 rings (SSSR count). The molecule has 2 saturated heterocycles. The average molecular weight is 245 g/mol. The number of pyridine rings is 1. The molecule has 0 aromatic carbocycles. The largest absolute Gasteiger partial charge is 0.367 e. The molecular formula is C15H23N3. The van der Waals surface area contributed by atoms with Crippen LogP contribution in [0.4, 0.5) is 5.69 Å². The van der Waals surface area contributed by atoms with Gasteiger partial charge in [0.25, 0.3) is 0 Å². The van der Waals surface area contributed by atoms with E-state index in [-0.39, 0.29) is 0 Å². The molecule has 0 aliphatic carbocycles. The molecular weight excluding hydrogens is 222 g/mol. The third-order valence-corrected chi connectivity index (χ3v) is 4.38. The summed E-state index contributed by atoms with van der Waals surface area (Å²) in [5.74, 6) is 0. The molecule has 3 nitrogen and oxygen atoms in total. The molecule has 0 amide bonds. The molecule has 1 unspecified atom stereocenters. The van der Waals surface area contributed by atoms with Gasteiger partial charge in [-0.15, -0.1) is 0 Å². The minimum atomic E-state index is 0.771. The van der Waals surface area contributed by atoms with Crippen molar-refractivity contribution in [3.05, 3.63) is 23.5 Å². The number of fused-ring (bicyclic) bond motifs is 1. The summed E-state index contributed by atoms with van der Waals surface area (Å²) in [6, 6.07) is 5.15. The molecule has 3 heterocycles. The maximum absolute atomic E-state index is 4.60. The fourth-order valence-electron chi connectivity index (χ4n) is 3.39. The molecule has 3 heteroatoms. The van der Waals surface area contributed by atoms with Crippen molar-refractivity contribution in [2.45, 2.75) is 39.2 Å². The Kier molecular flexibility index (Phi) is 3.25. The molecule has 0 spiro atoms. The van der Waals surface area contributed by atoms with Crippen molar-refractivity contribution in [1.82, 2.24) is 9.88 Å². The van der Waals surface area contributed by atoms with Gasteiger partial charge in [-0.3, -0.25) is 9.88 Å². The normalized spacial score (nSPS) is 25.0. The van der Waals surface area contributed by atoms with Gasteiger partial charge in [0.1, 0.15) is 0 Å². The lowest BCUT2D eigenvalue weighted by atomic mass is 9.99. The van der Waals surface area contributed by atoms with Gasteiger partial charge in [-0.25, -0.2) is 0 Å². The monoisotopic (exact) mass is 245 g/mol. The Morgan fingerprint density at radius 2 is 2.00 bits per heavy atom. The molecule has 0 saturated carbocycles. The van der Waals surface area contributed by atoms with Crippen molar-refractivity contribution in [3.8, 4) is 0 Å². The summed E-state index contributed by atoms with van der Waals surface area (Å²) >= 11 is 0. The Hall–Kier alpha value is -1.09. The van der Waals surface area contributed by atoms with E-state index in [0.717, 1.165) is 18.3 Å². The van der Waals surface area contributed by atoms with Gasteiger partial charge >= 0.3 is 0 Å². The number of anilines is 1. The average Bonchev–Trinajstić information content (AvgIpc) is 2.38. The van der Waals surface area contributed by atoms with Crippen LogP contribution in [0.5, 0.6) is 0 Å². The molecule has 18 heavy (non-hydrogen) atoms. The van der Waals surface area contributed by atoms with Crippen molar-refractivity contribution in [3.63, 3.8) is 0 Å². The highest BCUT2D eigenvalue weighted by Gasteiger charge is 2.29. The Balaban J connectivity index is 1.77. The summed E-state index contributed by atoms with van der Waals surface area (Å²) in [6.07, 6.45) is 4.16. The molecule has 2 aliphatic rings. The first-order valence-electron chi connectivity index (χ1n) is 7.17. The van der Waals surface area contributed by atoms with Crippen LogP contribution in [0.2, 0.25) is 0 Å². The zero-order valence-corrected chi connectivity index (χ0v) is 11.5. The van der Waals surface area contributed by atoms with Gasteiger partial charge in [0.15, 0.2) is 0 Å². The molecule has 98 valence electrons. The predicted molar refractivity (Wildman–Crippen MR) is 75.1 cm³/mol. The topological polar surface area (TPSA) is 19.4 Å². The first-order valence-corrected chi connectivity index (χ1v) is 7.17. The van der Waals surface area contributed by atoms with Crippen LogP contribution in [0.3, 0.4) is 0 Å². The van der Waals surface area contributed by atoms with Gasteiger partial charge in [-0.1, -0.05) is 6.42 Å². The Bertz CT molecular complexity index is 430. The molecule has 2 aliphatic heterocycles. The maximum atomic E-state index is 4.60. The highest BCUT2D eigenvalue weighted by atomic mass is 15.3. The summed E-state index contributed by atoms with van der Waals surface area (Å²) in [7, 11) is 0. The van der Waals surface area contributed by atoms with Crippen LogP contribution in [-0.4, -0.2) is 42.1 Å². The quantitative estimate of drug-likeness (QED) is 0.757. The minimum Gasteiger partial charge on any atom is -0.367 e. The number of aryl methyl sites for hydroxylation is 2. The van der Waals surface area contributed by atoms with Crippen LogP contribution in [-0.2, 0) is 0 Å². The highest BCUT2D eigenvalue weighted by Crippen LogP contribution is 2.26. The fraction of sp³-hybridized carbons (Fsp3) is 0.667. The zero-order valence-electron chi connectivity index (χ0n) is 11.5. The minimum absolute atomic E-state index is 0.771. The van der Waals surface area contributed by atoms with Crippen LogP contribution < -0.4 is 4.90 Å².